The zero-order valence-electron chi connectivity index (χ0n) is 14.9. The Labute approximate surface area is 162 Å². The number of para-hydroxylation sites is 1. The van der Waals surface area contributed by atoms with Crippen LogP contribution in [0.25, 0.3) is 0 Å². The maximum Gasteiger partial charge on any atom is 0.243 e. The van der Waals surface area contributed by atoms with Crippen LogP contribution >= 0.6 is 11.6 Å². The van der Waals surface area contributed by atoms with Gasteiger partial charge >= 0.3 is 0 Å². The quantitative estimate of drug-likeness (QED) is 0.674. The third kappa shape index (κ3) is 5.83. The Hall–Kier alpha value is -2.32. The number of anilines is 1. The smallest absolute Gasteiger partial charge is 0.243 e. The highest BCUT2D eigenvalue weighted by molar-refractivity contribution is 7.92. The molecule has 0 radical (unpaired) electrons. The lowest BCUT2D eigenvalue weighted by atomic mass is 10.2. The van der Waals surface area contributed by atoms with Crippen LogP contribution in [-0.2, 0) is 14.8 Å². The SMILES string of the molecule is C[C@H](C(=O)NCCOc1ccccc1Cl)N(c1ccc(F)cc1)S(C)(=O)=O. The highest BCUT2D eigenvalue weighted by Crippen LogP contribution is 2.23. The van der Waals surface area contributed by atoms with Gasteiger partial charge in [0.1, 0.15) is 24.2 Å². The number of nitrogens with zero attached hydrogens (tertiary/aromatic N) is 1. The molecule has 2 aromatic rings. The van der Waals surface area contributed by atoms with Crippen LogP contribution < -0.4 is 14.4 Å². The highest BCUT2D eigenvalue weighted by atomic mass is 35.5. The van der Waals surface area contributed by atoms with Gasteiger partial charge < -0.3 is 10.1 Å². The predicted molar refractivity (Wildman–Crippen MR) is 103 cm³/mol. The number of hydrogen-bond donors (Lipinski definition) is 1. The van der Waals surface area contributed by atoms with Crippen molar-refractivity contribution < 1.29 is 22.3 Å². The second-order valence-electron chi connectivity index (χ2n) is 5.78. The molecule has 2 aromatic carbocycles. The van der Waals surface area contributed by atoms with E-state index in [0.717, 1.165) is 22.7 Å². The monoisotopic (exact) mass is 414 g/mol. The van der Waals surface area contributed by atoms with Crippen molar-refractivity contribution in [1.29, 1.82) is 0 Å². The number of carbonyl (C=O) groups is 1. The van der Waals surface area contributed by atoms with E-state index < -0.39 is 27.8 Å². The minimum Gasteiger partial charge on any atom is -0.490 e. The maximum atomic E-state index is 13.1. The van der Waals surface area contributed by atoms with Crippen molar-refractivity contribution in [2.75, 3.05) is 23.7 Å². The van der Waals surface area contributed by atoms with Gasteiger partial charge in [-0.3, -0.25) is 9.10 Å². The Morgan fingerprint density at radius 1 is 1.22 bits per heavy atom. The van der Waals surface area contributed by atoms with Gasteiger partial charge in [0.05, 0.1) is 23.5 Å². The first-order valence-corrected chi connectivity index (χ1v) is 10.3. The summed E-state index contributed by atoms with van der Waals surface area (Å²) in [4.78, 5) is 12.4. The molecule has 1 atom stereocenters. The van der Waals surface area contributed by atoms with Crippen LogP contribution in [-0.4, -0.2) is 39.8 Å². The third-order valence-corrected chi connectivity index (χ3v) is 5.22. The zero-order chi connectivity index (χ0) is 20.0. The van der Waals surface area contributed by atoms with Crippen molar-refractivity contribution in [2.45, 2.75) is 13.0 Å². The summed E-state index contributed by atoms with van der Waals surface area (Å²) >= 11 is 5.97. The molecule has 0 bridgehead atoms. The molecular weight excluding hydrogens is 395 g/mol. The van der Waals surface area contributed by atoms with Crippen LogP contribution in [0.2, 0.25) is 5.02 Å². The Morgan fingerprint density at radius 3 is 2.44 bits per heavy atom. The second kappa shape index (κ2) is 9.05. The molecule has 0 unspecified atom stereocenters. The predicted octanol–water partition coefficient (Wildman–Crippen LogP) is 2.83. The number of hydrogen-bond acceptors (Lipinski definition) is 4. The molecule has 27 heavy (non-hydrogen) atoms. The van der Waals surface area contributed by atoms with E-state index in [1.54, 1.807) is 24.3 Å². The minimum atomic E-state index is -3.75. The second-order valence-corrected chi connectivity index (χ2v) is 8.05. The largest absolute Gasteiger partial charge is 0.490 e. The highest BCUT2D eigenvalue weighted by Gasteiger charge is 2.28. The van der Waals surface area contributed by atoms with Gasteiger partial charge in [-0.15, -0.1) is 0 Å². The number of amides is 1. The molecule has 0 aliphatic rings. The van der Waals surface area contributed by atoms with Gasteiger partial charge in [-0.2, -0.15) is 0 Å². The van der Waals surface area contributed by atoms with Gasteiger partial charge in [-0.25, -0.2) is 12.8 Å². The molecule has 0 saturated carbocycles. The molecule has 146 valence electrons. The van der Waals surface area contributed by atoms with Crippen molar-refractivity contribution in [3.63, 3.8) is 0 Å². The van der Waals surface area contributed by atoms with E-state index in [1.807, 2.05) is 0 Å². The van der Waals surface area contributed by atoms with Gasteiger partial charge in [-0.1, -0.05) is 23.7 Å². The Balaban J connectivity index is 1.98. The first-order valence-electron chi connectivity index (χ1n) is 8.10. The topological polar surface area (TPSA) is 75.7 Å². The first kappa shape index (κ1) is 21.0. The van der Waals surface area contributed by atoms with Gasteiger partial charge in [0.15, 0.2) is 0 Å². The zero-order valence-corrected chi connectivity index (χ0v) is 16.4. The van der Waals surface area contributed by atoms with E-state index in [-0.39, 0.29) is 18.8 Å². The molecule has 2 rings (SSSR count). The molecule has 0 fully saturated rings. The Bertz CT molecular complexity index is 890. The van der Waals surface area contributed by atoms with Crippen LogP contribution in [0.15, 0.2) is 48.5 Å². The molecule has 9 heteroatoms. The molecule has 0 spiro atoms. The lowest BCUT2D eigenvalue weighted by Gasteiger charge is -2.28. The summed E-state index contributed by atoms with van der Waals surface area (Å²) in [6, 6.07) is 10.8. The minimum absolute atomic E-state index is 0.162. The molecule has 1 N–H and O–H groups in total. The van der Waals surface area contributed by atoms with Gasteiger partial charge in [0.25, 0.3) is 0 Å². The number of benzene rings is 2. The fourth-order valence-electron chi connectivity index (χ4n) is 2.44. The fourth-order valence-corrected chi connectivity index (χ4v) is 3.81. The Morgan fingerprint density at radius 2 is 1.85 bits per heavy atom. The molecule has 0 aliphatic carbocycles. The van der Waals surface area contributed by atoms with Crippen molar-refractivity contribution in [2.24, 2.45) is 0 Å². The van der Waals surface area contributed by atoms with Crippen LogP contribution in [0.4, 0.5) is 10.1 Å². The normalized spacial score (nSPS) is 12.3. The third-order valence-electron chi connectivity index (χ3n) is 3.67. The summed E-state index contributed by atoms with van der Waals surface area (Å²) in [5.41, 5.74) is 0.203. The summed E-state index contributed by atoms with van der Waals surface area (Å²) < 4.78 is 43.8. The summed E-state index contributed by atoms with van der Waals surface area (Å²) in [6.07, 6.45) is 0.987. The van der Waals surface area contributed by atoms with E-state index >= 15 is 0 Å². The summed E-state index contributed by atoms with van der Waals surface area (Å²) in [5.74, 6) is -0.515. The van der Waals surface area contributed by atoms with E-state index in [2.05, 4.69) is 5.32 Å². The van der Waals surface area contributed by atoms with Crippen LogP contribution in [0.3, 0.4) is 0 Å². The molecule has 0 saturated heterocycles. The number of halogens is 2. The van der Waals surface area contributed by atoms with Gasteiger partial charge in [-0.05, 0) is 43.3 Å². The number of nitrogens with one attached hydrogen (secondary N) is 1. The number of carbonyl (C=O) groups excluding carboxylic acids is 1. The molecular formula is C18H20ClFN2O4S. The molecule has 0 aliphatic heterocycles. The van der Waals surface area contributed by atoms with E-state index in [4.69, 9.17) is 16.3 Å². The molecule has 6 nitrogen and oxygen atoms in total. The molecule has 0 aromatic heterocycles. The van der Waals surface area contributed by atoms with Crippen LogP contribution in [0.1, 0.15) is 6.92 Å². The standard InChI is InChI=1S/C18H20ClFN2O4S/c1-13(22(27(2,24)25)15-9-7-14(20)8-10-15)18(23)21-11-12-26-17-6-4-3-5-16(17)19/h3-10,13H,11-12H2,1-2H3,(H,21,23)/t13-/m1/s1. The number of rotatable bonds is 8. The fraction of sp³-hybridized carbons (Fsp3) is 0.278. The van der Waals surface area contributed by atoms with Gasteiger partial charge in [0, 0.05) is 0 Å². The van der Waals surface area contributed by atoms with E-state index in [0.29, 0.717) is 10.8 Å². The number of sulfonamides is 1. The van der Waals surface area contributed by atoms with Crippen molar-refractivity contribution in [3.05, 3.63) is 59.4 Å². The average molecular weight is 415 g/mol. The van der Waals surface area contributed by atoms with Crippen molar-refractivity contribution >= 4 is 33.2 Å². The average Bonchev–Trinajstić information content (AvgIpc) is 2.60. The lowest BCUT2D eigenvalue weighted by Crippen LogP contribution is -2.48. The first-order chi connectivity index (χ1) is 12.7. The lowest BCUT2D eigenvalue weighted by molar-refractivity contribution is -0.121. The van der Waals surface area contributed by atoms with Crippen molar-refractivity contribution in [1.82, 2.24) is 5.32 Å². The van der Waals surface area contributed by atoms with Gasteiger partial charge in [0.2, 0.25) is 15.9 Å². The van der Waals surface area contributed by atoms with Crippen LogP contribution in [0.5, 0.6) is 5.75 Å². The number of ether oxygens (including phenoxy) is 1. The maximum absolute atomic E-state index is 13.1. The molecule has 1 amide bonds. The van der Waals surface area contributed by atoms with E-state index in [9.17, 15) is 17.6 Å². The summed E-state index contributed by atoms with van der Waals surface area (Å²) in [5, 5.41) is 3.07. The summed E-state index contributed by atoms with van der Waals surface area (Å²) in [6.45, 7) is 1.78. The Kier molecular flexibility index (Phi) is 7.04. The summed E-state index contributed by atoms with van der Waals surface area (Å²) in [7, 11) is -3.75. The van der Waals surface area contributed by atoms with E-state index in [1.165, 1.54) is 19.1 Å². The molecule has 0 heterocycles. The van der Waals surface area contributed by atoms with Crippen LogP contribution in [0, 0.1) is 5.82 Å². The van der Waals surface area contributed by atoms with Crippen molar-refractivity contribution in [3.8, 4) is 5.75 Å².